The van der Waals surface area contributed by atoms with Crippen LogP contribution in [0.3, 0.4) is 0 Å². The van der Waals surface area contributed by atoms with Gasteiger partial charge in [0, 0.05) is 48.4 Å². The third-order valence-corrected chi connectivity index (χ3v) is 7.57. The molecule has 6 rings (SSSR count). The van der Waals surface area contributed by atoms with E-state index in [0.29, 0.717) is 5.03 Å². The topological polar surface area (TPSA) is 44.0 Å². The monoisotopic (exact) mass is 412 g/mol. The summed E-state index contributed by atoms with van der Waals surface area (Å²) in [5, 5.41) is 9.66. The van der Waals surface area contributed by atoms with E-state index in [2.05, 4.69) is 66.3 Å². The lowest BCUT2D eigenvalue weighted by atomic mass is 9.94. The number of nitrogens with zero attached hydrogens (tertiary/aromatic N) is 2. The predicted octanol–water partition coefficient (Wildman–Crippen LogP) is 5.53. The van der Waals surface area contributed by atoms with Crippen molar-refractivity contribution in [3.63, 3.8) is 0 Å². The van der Waals surface area contributed by atoms with Crippen LogP contribution in [0.5, 0.6) is 0 Å². The summed E-state index contributed by atoms with van der Waals surface area (Å²) >= 11 is 0. The van der Waals surface area contributed by atoms with Crippen LogP contribution in [-0.4, -0.2) is 23.8 Å². The number of rotatable bonds is 1. The van der Waals surface area contributed by atoms with Crippen molar-refractivity contribution in [3.8, 4) is 0 Å². The molecule has 0 atom stereocenters. The van der Waals surface area contributed by atoms with E-state index in [1.165, 1.54) is 38.7 Å². The molecule has 0 bridgehead atoms. The molecule has 0 saturated carbocycles. The van der Waals surface area contributed by atoms with Crippen LogP contribution in [0.15, 0.2) is 71.9 Å². The fraction of sp³-hybridized carbons (Fsp3) is 0.120. The van der Waals surface area contributed by atoms with E-state index < -0.39 is 9.84 Å². The van der Waals surface area contributed by atoms with Gasteiger partial charge in [-0.25, -0.2) is 8.42 Å². The average Bonchev–Trinajstić information content (AvgIpc) is 3.27. The van der Waals surface area contributed by atoms with Crippen molar-refractivity contribution in [2.75, 3.05) is 6.26 Å². The molecule has 0 aliphatic heterocycles. The fourth-order valence-corrected chi connectivity index (χ4v) is 5.88. The van der Waals surface area contributed by atoms with Crippen LogP contribution in [0.25, 0.3) is 54.1 Å². The molecule has 5 heteroatoms. The van der Waals surface area contributed by atoms with E-state index >= 15 is 0 Å². The molecule has 0 amide bonds. The van der Waals surface area contributed by atoms with Gasteiger partial charge in [0.1, 0.15) is 5.03 Å². The standard InChI is InChI=1S/C25H20N2O2S/c1-26-13-12-21-19-6-4-16-15(17(19)8-10-23(21)26)5-7-20-18(16)9-11-24-22(20)14-25(27(24)2)30(3,28)29/h4-14H,1-3H3. The number of aromatic nitrogens is 2. The highest BCUT2D eigenvalue weighted by molar-refractivity contribution is 7.90. The fourth-order valence-electron chi connectivity index (χ4n) is 4.95. The smallest absolute Gasteiger partial charge is 0.190 e. The summed E-state index contributed by atoms with van der Waals surface area (Å²) in [5.41, 5.74) is 2.15. The summed E-state index contributed by atoms with van der Waals surface area (Å²) in [5.74, 6) is 0. The first-order chi connectivity index (χ1) is 14.3. The minimum Gasteiger partial charge on any atom is -0.351 e. The summed E-state index contributed by atoms with van der Waals surface area (Å²) in [4.78, 5) is 0. The van der Waals surface area contributed by atoms with Gasteiger partial charge < -0.3 is 9.13 Å². The van der Waals surface area contributed by atoms with Crippen LogP contribution >= 0.6 is 0 Å². The van der Waals surface area contributed by atoms with Crippen molar-refractivity contribution in [2.45, 2.75) is 5.03 Å². The third-order valence-electron chi connectivity index (χ3n) is 6.42. The highest BCUT2D eigenvalue weighted by Crippen LogP contribution is 2.37. The Morgan fingerprint density at radius 2 is 1.07 bits per heavy atom. The first kappa shape index (κ1) is 17.5. The third kappa shape index (κ3) is 2.18. The maximum absolute atomic E-state index is 12.2. The van der Waals surface area contributed by atoms with E-state index in [9.17, 15) is 8.42 Å². The lowest BCUT2D eigenvalue weighted by Crippen LogP contribution is -2.03. The molecular weight excluding hydrogens is 392 g/mol. The van der Waals surface area contributed by atoms with Crippen molar-refractivity contribution in [3.05, 3.63) is 66.9 Å². The van der Waals surface area contributed by atoms with Crippen LogP contribution in [0.4, 0.5) is 0 Å². The average molecular weight is 413 g/mol. The normalized spacial score (nSPS) is 12.8. The van der Waals surface area contributed by atoms with E-state index in [1.807, 2.05) is 13.1 Å². The summed E-state index contributed by atoms with van der Waals surface area (Å²) < 4.78 is 28.3. The highest BCUT2D eigenvalue weighted by Gasteiger charge is 2.17. The molecule has 0 N–H and O–H groups in total. The zero-order chi connectivity index (χ0) is 20.8. The molecule has 2 heterocycles. The van der Waals surface area contributed by atoms with Crippen molar-refractivity contribution in [2.24, 2.45) is 14.1 Å². The first-order valence-electron chi connectivity index (χ1n) is 9.86. The molecule has 0 fully saturated rings. The SMILES string of the molecule is Cn1ccc2c3ccc4c(ccc5c4ccc4c5cc(S(C)(=O)=O)n4C)c3ccc21. The molecule has 0 saturated heterocycles. The molecule has 4 nitrogen and oxygen atoms in total. The second kappa shape index (κ2) is 5.64. The quantitative estimate of drug-likeness (QED) is 0.333. The number of fused-ring (bicyclic) bond motifs is 9. The predicted molar refractivity (Wildman–Crippen MR) is 125 cm³/mol. The van der Waals surface area contributed by atoms with E-state index in [0.717, 1.165) is 21.7 Å². The van der Waals surface area contributed by atoms with Gasteiger partial charge in [0.15, 0.2) is 9.84 Å². The van der Waals surface area contributed by atoms with Gasteiger partial charge in [-0.3, -0.25) is 0 Å². The maximum Gasteiger partial charge on any atom is 0.190 e. The van der Waals surface area contributed by atoms with Crippen molar-refractivity contribution in [1.29, 1.82) is 0 Å². The van der Waals surface area contributed by atoms with Crippen LogP contribution in [-0.2, 0) is 23.9 Å². The van der Waals surface area contributed by atoms with E-state index in [4.69, 9.17) is 0 Å². The molecule has 0 unspecified atom stereocenters. The van der Waals surface area contributed by atoms with Gasteiger partial charge in [0.2, 0.25) is 0 Å². The second-order valence-corrected chi connectivity index (χ2v) is 10.1. The Labute approximate surface area is 173 Å². The van der Waals surface area contributed by atoms with Crippen molar-refractivity contribution < 1.29 is 8.42 Å². The molecular formula is C25H20N2O2S. The van der Waals surface area contributed by atoms with Gasteiger partial charge in [-0.2, -0.15) is 0 Å². The van der Waals surface area contributed by atoms with Crippen LogP contribution in [0.2, 0.25) is 0 Å². The summed E-state index contributed by atoms with van der Waals surface area (Å²) in [6, 6.07) is 21.2. The van der Waals surface area contributed by atoms with Gasteiger partial charge in [0.25, 0.3) is 0 Å². The molecule has 0 radical (unpaired) electrons. The first-order valence-corrected chi connectivity index (χ1v) is 11.8. The Balaban J connectivity index is 1.75. The lowest BCUT2D eigenvalue weighted by molar-refractivity contribution is 0.593. The van der Waals surface area contributed by atoms with Crippen LogP contribution in [0, 0.1) is 0 Å². The Morgan fingerprint density at radius 3 is 1.63 bits per heavy atom. The Kier molecular flexibility index (Phi) is 3.30. The Hall–Kier alpha value is -3.31. The van der Waals surface area contributed by atoms with Gasteiger partial charge in [-0.1, -0.05) is 36.4 Å². The number of benzene rings is 4. The van der Waals surface area contributed by atoms with Crippen LogP contribution in [0.1, 0.15) is 0 Å². The minimum atomic E-state index is -3.29. The van der Waals surface area contributed by atoms with Gasteiger partial charge in [-0.05, 0) is 56.6 Å². The molecule has 0 aliphatic rings. The molecule has 0 spiro atoms. The number of aryl methyl sites for hydroxylation is 2. The lowest BCUT2D eigenvalue weighted by Gasteiger charge is -2.10. The molecule has 2 aromatic heterocycles. The highest BCUT2D eigenvalue weighted by atomic mass is 32.2. The maximum atomic E-state index is 12.2. The zero-order valence-electron chi connectivity index (χ0n) is 17.0. The Morgan fingerprint density at radius 1 is 0.600 bits per heavy atom. The van der Waals surface area contributed by atoms with E-state index in [1.54, 1.807) is 10.6 Å². The number of hydrogen-bond acceptors (Lipinski definition) is 2. The summed E-state index contributed by atoms with van der Waals surface area (Å²) in [7, 11) is 0.585. The van der Waals surface area contributed by atoms with Gasteiger partial charge >= 0.3 is 0 Å². The van der Waals surface area contributed by atoms with Crippen molar-refractivity contribution >= 4 is 64.0 Å². The van der Waals surface area contributed by atoms with E-state index in [-0.39, 0.29) is 0 Å². The van der Waals surface area contributed by atoms with Gasteiger partial charge in [0.05, 0.1) is 0 Å². The summed E-state index contributed by atoms with van der Waals surface area (Å²) in [6.07, 6.45) is 3.36. The molecule has 6 aromatic rings. The summed E-state index contributed by atoms with van der Waals surface area (Å²) in [6.45, 7) is 0. The van der Waals surface area contributed by atoms with Gasteiger partial charge in [-0.15, -0.1) is 0 Å². The zero-order valence-corrected chi connectivity index (χ0v) is 17.8. The van der Waals surface area contributed by atoms with Crippen molar-refractivity contribution in [1.82, 2.24) is 9.13 Å². The Bertz CT molecular complexity index is 1790. The molecule has 4 aromatic carbocycles. The molecule has 30 heavy (non-hydrogen) atoms. The largest absolute Gasteiger partial charge is 0.351 e. The number of hydrogen-bond donors (Lipinski definition) is 0. The molecule has 0 aliphatic carbocycles. The minimum absolute atomic E-state index is 0.343. The van der Waals surface area contributed by atoms with Crippen LogP contribution < -0.4 is 0 Å². The molecule has 148 valence electrons. The number of sulfone groups is 1. The second-order valence-electron chi connectivity index (χ2n) is 8.15.